The molecule has 0 amide bonds. The van der Waals surface area contributed by atoms with Crippen LogP contribution < -0.4 is 5.73 Å². The van der Waals surface area contributed by atoms with Crippen molar-refractivity contribution < 1.29 is 19.8 Å². The Kier molecular flexibility index (Phi) is 6.20. The van der Waals surface area contributed by atoms with Crippen LogP contribution in [-0.2, 0) is 9.59 Å². The topological polar surface area (TPSA) is 101 Å². The highest BCUT2D eigenvalue weighted by Crippen LogP contribution is 2.17. The Hall–Kier alpha value is -2.30. The highest BCUT2D eigenvalue weighted by atomic mass is 16.4. The van der Waals surface area contributed by atoms with Crippen LogP contribution in [0.5, 0.6) is 0 Å². The largest absolute Gasteiger partial charge is 0.478 e. The normalized spacial score (nSPS) is 9.72. The fourth-order valence-electron chi connectivity index (χ4n) is 1.12. The third-order valence-electron chi connectivity index (χ3n) is 2.47. The van der Waals surface area contributed by atoms with Crippen LogP contribution in [0.1, 0.15) is 16.7 Å². The summed E-state index contributed by atoms with van der Waals surface area (Å²) in [5.74, 6) is -2.51. The maximum atomic E-state index is 9.55. The minimum absolute atomic E-state index is 0.558. The number of rotatable bonds is 2. The van der Waals surface area contributed by atoms with E-state index in [4.69, 9.17) is 15.9 Å². The molecule has 5 heteroatoms. The fourth-order valence-corrected chi connectivity index (χ4v) is 1.12. The van der Waals surface area contributed by atoms with Crippen molar-refractivity contribution in [3.63, 3.8) is 0 Å². The molecule has 0 bridgehead atoms. The van der Waals surface area contributed by atoms with Crippen LogP contribution in [0.15, 0.2) is 24.3 Å². The third-order valence-corrected chi connectivity index (χ3v) is 2.47. The smallest absolute Gasteiger partial charge is 0.328 e. The number of aryl methyl sites for hydroxylation is 1. The van der Waals surface area contributed by atoms with Gasteiger partial charge in [0, 0.05) is 17.8 Å². The van der Waals surface area contributed by atoms with Gasteiger partial charge in [-0.3, -0.25) is 0 Å². The van der Waals surface area contributed by atoms with Crippen LogP contribution in [0.3, 0.4) is 0 Å². The lowest BCUT2D eigenvalue weighted by Gasteiger charge is -2.05. The van der Waals surface area contributed by atoms with E-state index < -0.39 is 11.9 Å². The molecule has 4 N–H and O–H groups in total. The van der Waals surface area contributed by atoms with Gasteiger partial charge in [-0.2, -0.15) is 0 Å². The Morgan fingerprint density at radius 3 is 1.78 bits per heavy atom. The van der Waals surface area contributed by atoms with Crippen molar-refractivity contribution in [2.75, 3.05) is 5.73 Å². The van der Waals surface area contributed by atoms with Gasteiger partial charge in [-0.25, -0.2) is 9.59 Å². The van der Waals surface area contributed by atoms with E-state index in [1.54, 1.807) is 0 Å². The molecular formula is C13H17NO4. The monoisotopic (exact) mass is 251 g/mol. The molecule has 0 spiro atoms. The molecule has 18 heavy (non-hydrogen) atoms. The molecule has 0 aliphatic rings. The number of benzene rings is 1. The summed E-state index contributed by atoms with van der Waals surface area (Å²) in [6.07, 6.45) is 1.12. The number of carboxylic acids is 2. The second-order valence-electron chi connectivity index (χ2n) is 3.73. The third kappa shape index (κ3) is 5.69. The number of nitrogen functional groups attached to an aromatic ring is 1. The molecule has 0 radical (unpaired) electrons. The predicted octanol–water partition coefficient (Wildman–Crippen LogP) is 1.91. The lowest BCUT2D eigenvalue weighted by Crippen LogP contribution is -1.93. The Morgan fingerprint density at radius 2 is 1.44 bits per heavy atom. The molecular weight excluding hydrogens is 234 g/mol. The van der Waals surface area contributed by atoms with Gasteiger partial charge in [-0.1, -0.05) is 6.07 Å². The van der Waals surface area contributed by atoms with E-state index >= 15 is 0 Å². The van der Waals surface area contributed by atoms with Gasteiger partial charge in [-0.05, 0) is 43.5 Å². The van der Waals surface area contributed by atoms with Crippen molar-refractivity contribution in [2.24, 2.45) is 0 Å². The van der Waals surface area contributed by atoms with E-state index in [1.165, 1.54) is 16.7 Å². The molecule has 1 aromatic rings. The zero-order chi connectivity index (χ0) is 14.3. The number of hydrogen-bond acceptors (Lipinski definition) is 3. The average molecular weight is 251 g/mol. The Balaban J connectivity index is 0.000000331. The Labute approximate surface area is 106 Å². The van der Waals surface area contributed by atoms with Gasteiger partial charge in [0.1, 0.15) is 0 Å². The number of hydrogen-bond donors (Lipinski definition) is 3. The maximum absolute atomic E-state index is 9.55. The van der Waals surface area contributed by atoms with Gasteiger partial charge in [0.2, 0.25) is 0 Å². The van der Waals surface area contributed by atoms with Gasteiger partial charge in [0.15, 0.2) is 0 Å². The summed E-state index contributed by atoms with van der Waals surface area (Å²) in [5.41, 5.74) is 10.4. The van der Waals surface area contributed by atoms with E-state index in [0.717, 1.165) is 5.69 Å². The number of carbonyl (C=O) groups is 2. The van der Waals surface area contributed by atoms with Gasteiger partial charge in [0.05, 0.1) is 0 Å². The summed E-state index contributed by atoms with van der Waals surface area (Å²) in [7, 11) is 0. The van der Waals surface area contributed by atoms with Crippen LogP contribution in [0, 0.1) is 20.8 Å². The average Bonchev–Trinajstić information content (AvgIpc) is 2.30. The lowest BCUT2D eigenvalue weighted by molar-refractivity contribution is -0.134. The number of nitrogens with two attached hydrogens (primary N) is 1. The number of carboxylic acid groups (broad SMARTS) is 2. The maximum Gasteiger partial charge on any atom is 0.328 e. The quantitative estimate of drug-likeness (QED) is 0.550. The molecule has 0 heterocycles. The standard InChI is InChI=1S/C9H13N.C4H4O4/c1-6-4-5-9(10)8(3)7(6)2;5-3(6)1-2-4(7)8/h4-5H,10H2,1-3H3;1-2H,(H,5,6)(H,7,8)/b;2-1+. The highest BCUT2D eigenvalue weighted by Gasteiger charge is 1.98. The summed E-state index contributed by atoms with van der Waals surface area (Å²) in [6, 6.07) is 4.01. The molecule has 0 aliphatic carbocycles. The second-order valence-corrected chi connectivity index (χ2v) is 3.73. The number of anilines is 1. The van der Waals surface area contributed by atoms with E-state index in [1.807, 2.05) is 6.07 Å². The molecule has 0 aromatic heterocycles. The molecule has 98 valence electrons. The van der Waals surface area contributed by atoms with Crippen molar-refractivity contribution >= 4 is 17.6 Å². The van der Waals surface area contributed by atoms with Crippen LogP contribution in [0.2, 0.25) is 0 Å². The zero-order valence-electron chi connectivity index (χ0n) is 10.6. The first-order chi connectivity index (χ1) is 8.25. The van der Waals surface area contributed by atoms with Crippen molar-refractivity contribution in [1.82, 2.24) is 0 Å². The molecule has 0 fully saturated rings. The van der Waals surface area contributed by atoms with E-state index in [0.29, 0.717) is 12.2 Å². The summed E-state index contributed by atoms with van der Waals surface area (Å²) >= 11 is 0. The predicted molar refractivity (Wildman–Crippen MR) is 69.5 cm³/mol. The fraction of sp³-hybridized carbons (Fsp3) is 0.231. The SMILES string of the molecule is Cc1ccc(N)c(C)c1C.O=C(O)/C=C/C(=O)O. The molecule has 1 aromatic carbocycles. The minimum Gasteiger partial charge on any atom is -0.478 e. The first kappa shape index (κ1) is 15.7. The molecule has 1 rings (SSSR count). The zero-order valence-corrected chi connectivity index (χ0v) is 10.6. The first-order valence-corrected chi connectivity index (χ1v) is 5.22. The van der Waals surface area contributed by atoms with Gasteiger partial charge in [-0.15, -0.1) is 0 Å². The first-order valence-electron chi connectivity index (χ1n) is 5.22. The van der Waals surface area contributed by atoms with E-state index in [-0.39, 0.29) is 0 Å². The molecule has 0 saturated carbocycles. The van der Waals surface area contributed by atoms with Crippen LogP contribution in [-0.4, -0.2) is 22.2 Å². The van der Waals surface area contributed by atoms with Crippen molar-refractivity contribution in [3.05, 3.63) is 41.0 Å². The Bertz CT molecular complexity index is 435. The van der Waals surface area contributed by atoms with E-state index in [2.05, 4.69) is 26.8 Å². The molecule has 0 atom stereocenters. The van der Waals surface area contributed by atoms with Gasteiger partial charge >= 0.3 is 11.9 Å². The summed E-state index contributed by atoms with van der Waals surface area (Å²) in [6.45, 7) is 6.25. The summed E-state index contributed by atoms with van der Waals surface area (Å²) < 4.78 is 0. The van der Waals surface area contributed by atoms with Crippen molar-refractivity contribution in [1.29, 1.82) is 0 Å². The molecule has 0 aliphatic heterocycles. The van der Waals surface area contributed by atoms with Gasteiger partial charge < -0.3 is 15.9 Å². The van der Waals surface area contributed by atoms with Crippen molar-refractivity contribution in [3.8, 4) is 0 Å². The molecule has 5 nitrogen and oxygen atoms in total. The lowest BCUT2D eigenvalue weighted by atomic mass is 10.0. The van der Waals surface area contributed by atoms with Crippen LogP contribution in [0.25, 0.3) is 0 Å². The summed E-state index contributed by atoms with van der Waals surface area (Å²) in [5, 5.41) is 15.6. The summed E-state index contributed by atoms with van der Waals surface area (Å²) in [4.78, 5) is 19.1. The van der Waals surface area contributed by atoms with Gasteiger partial charge in [0.25, 0.3) is 0 Å². The van der Waals surface area contributed by atoms with Crippen LogP contribution >= 0.6 is 0 Å². The highest BCUT2D eigenvalue weighted by molar-refractivity contribution is 5.89. The molecule has 0 saturated heterocycles. The number of aliphatic carboxylic acids is 2. The molecule has 0 unspecified atom stereocenters. The van der Waals surface area contributed by atoms with Crippen LogP contribution in [0.4, 0.5) is 5.69 Å². The second kappa shape index (κ2) is 7.11. The Morgan fingerprint density at radius 1 is 1.00 bits per heavy atom. The minimum atomic E-state index is -1.26. The van der Waals surface area contributed by atoms with E-state index in [9.17, 15) is 9.59 Å². The van der Waals surface area contributed by atoms with Crippen molar-refractivity contribution in [2.45, 2.75) is 20.8 Å².